The van der Waals surface area contributed by atoms with Crippen molar-refractivity contribution in [2.45, 2.75) is 34.1 Å². The summed E-state index contributed by atoms with van der Waals surface area (Å²) < 4.78 is 11.4. The molecule has 0 bridgehead atoms. The highest BCUT2D eigenvalue weighted by molar-refractivity contribution is 5.83. The Hall–Kier alpha value is -2.30. The Morgan fingerprint density at radius 3 is 2.64 bits per heavy atom. The third-order valence-corrected chi connectivity index (χ3v) is 3.16. The van der Waals surface area contributed by atoms with E-state index in [9.17, 15) is 0 Å². The number of hydrogen-bond acceptors (Lipinski definition) is 4. The highest BCUT2D eigenvalue weighted by atomic mass is 16.5. The van der Waals surface area contributed by atoms with Crippen LogP contribution in [0.2, 0.25) is 0 Å². The van der Waals surface area contributed by atoms with Gasteiger partial charge in [0.2, 0.25) is 0 Å². The first-order chi connectivity index (χ1) is 10.7. The van der Waals surface area contributed by atoms with Crippen LogP contribution in [0.3, 0.4) is 0 Å². The van der Waals surface area contributed by atoms with Crippen LogP contribution in [0.4, 0.5) is 5.69 Å². The summed E-state index contributed by atoms with van der Waals surface area (Å²) in [5, 5.41) is 7.07. The number of ether oxygens (including phenoxy) is 2. The van der Waals surface area contributed by atoms with Gasteiger partial charge in [-0.05, 0) is 51.0 Å². The number of aryl methyl sites for hydroxylation is 2. The summed E-state index contributed by atoms with van der Waals surface area (Å²) in [5.41, 5.74) is 3.69. The van der Waals surface area contributed by atoms with Crippen LogP contribution in [-0.4, -0.2) is 29.6 Å². The van der Waals surface area contributed by atoms with Crippen LogP contribution >= 0.6 is 0 Å². The molecule has 2 aromatic rings. The molecule has 22 heavy (non-hydrogen) atoms. The van der Waals surface area contributed by atoms with Gasteiger partial charge < -0.3 is 9.47 Å². The molecule has 0 aliphatic carbocycles. The van der Waals surface area contributed by atoms with Crippen molar-refractivity contribution in [1.82, 2.24) is 10.2 Å². The molecule has 0 radical (unpaired) electrons. The number of aromatic nitrogens is 2. The molecule has 1 aromatic carbocycles. The number of aliphatic imine (C=N–C) groups is 1. The third kappa shape index (κ3) is 3.87. The molecule has 5 nitrogen and oxygen atoms in total. The van der Waals surface area contributed by atoms with E-state index in [1.54, 1.807) is 0 Å². The van der Waals surface area contributed by atoms with E-state index in [1.165, 1.54) is 0 Å². The topological polar surface area (TPSA) is 59.5 Å². The molecule has 0 fully saturated rings. The molecule has 1 aromatic heterocycles. The quantitative estimate of drug-likeness (QED) is 0.787. The van der Waals surface area contributed by atoms with E-state index in [0.717, 1.165) is 40.6 Å². The van der Waals surface area contributed by atoms with E-state index in [-0.39, 0.29) is 0 Å². The maximum Gasteiger partial charge on any atom is 0.161 e. The summed E-state index contributed by atoms with van der Waals surface area (Å²) in [6.07, 6.45) is 2.78. The first kappa shape index (κ1) is 16.1. The van der Waals surface area contributed by atoms with Gasteiger partial charge in [0.1, 0.15) is 5.69 Å². The monoisotopic (exact) mass is 301 g/mol. The molecule has 0 atom stereocenters. The summed E-state index contributed by atoms with van der Waals surface area (Å²) in [4.78, 5) is 4.51. The highest BCUT2D eigenvalue weighted by Crippen LogP contribution is 2.28. The van der Waals surface area contributed by atoms with Gasteiger partial charge >= 0.3 is 0 Å². The minimum atomic E-state index is 0.600. The predicted molar refractivity (Wildman–Crippen MR) is 88.7 cm³/mol. The molecule has 118 valence electrons. The summed E-state index contributed by atoms with van der Waals surface area (Å²) in [7, 11) is 0. The summed E-state index contributed by atoms with van der Waals surface area (Å²) in [6.45, 7) is 9.22. The van der Waals surface area contributed by atoms with Gasteiger partial charge in [0.25, 0.3) is 0 Å². The third-order valence-electron chi connectivity index (χ3n) is 3.16. The van der Waals surface area contributed by atoms with Gasteiger partial charge in [-0.2, -0.15) is 5.10 Å². The zero-order valence-electron chi connectivity index (χ0n) is 13.6. The Morgan fingerprint density at radius 2 is 2.00 bits per heavy atom. The highest BCUT2D eigenvalue weighted by Gasteiger charge is 2.07. The molecular formula is C17H23N3O2. The first-order valence-electron chi connectivity index (χ1n) is 7.61. The van der Waals surface area contributed by atoms with Crippen molar-refractivity contribution in [3.05, 3.63) is 35.2 Å². The number of rotatable bonds is 7. The van der Waals surface area contributed by atoms with Crippen molar-refractivity contribution < 1.29 is 9.47 Å². The maximum atomic E-state index is 5.70. The van der Waals surface area contributed by atoms with Gasteiger partial charge in [0.15, 0.2) is 11.5 Å². The van der Waals surface area contributed by atoms with Crippen molar-refractivity contribution in [1.29, 1.82) is 0 Å². The lowest BCUT2D eigenvalue weighted by molar-refractivity contribution is 0.277. The van der Waals surface area contributed by atoms with Gasteiger partial charge in [-0.25, -0.2) is 0 Å². The molecule has 1 heterocycles. The van der Waals surface area contributed by atoms with Crippen molar-refractivity contribution in [2.24, 2.45) is 4.99 Å². The van der Waals surface area contributed by atoms with E-state index in [2.05, 4.69) is 22.1 Å². The molecule has 2 rings (SSSR count). The van der Waals surface area contributed by atoms with Gasteiger partial charge in [0.05, 0.1) is 24.6 Å². The van der Waals surface area contributed by atoms with E-state index in [4.69, 9.17) is 9.47 Å². The lowest BCUT2D eigenvalue weighted by Crippen LogP contribution is -2.00. The van der Waals surface area contributed by atoms with Gasteiger partial charge in [-0.3, -0.25) is 10.1 Å². The van der Waals surface area contributed by atoms with E-state index < -0.39 is 0 Å². The second-order valence-electron chi connectivity index (χ2n) is 5.03. The second kappa shape index (κ2) is 7.64. The van der Waals surface area contributed by atoms with E-state index >= 15 is 0 Å². The number of nitrogens with one attached hydrogen (secondary N) is 1. The van der Waals surface area contributed by atoms with Crippen LogP contribution in [0.1, 0.15) is 37.2 Å². The van der Waals surface area contributed by atoms with Crippen LogP contribution in [0, 0.1) is 13.8 Å². The number of hydrogen-bond donors (Lipinski definition) is 1. The lowest BCUT2D eigenvalue weighted by Gasteiger charge is -2.11. The van der Waals surface area contributed by atoms with Crippen molar-refractivity contribution in [2.75, 3.05) is 13.2 Å². The van der Waals surface area contributed by atoms with Crippen LogP contribution in [0.5, 0.6) is 11.5 Å². The Balaban J connectivity index is 2.22. The maximum absolute atomic E-state index is 5.70. The van der Waals surface area contributed by atoms with E-state index in [0.29, 0.717) is 13.2 Å². The average Bonchev–Trinajstić information content (AvgIpc) is 2.83. The van der Waals surface area contributed by atoms with Gasteiger partial charge in [0, 0.05) is 6.21 Å². The molecule has 0 unspecified atom stereocenters. The van der Waals surface area contributed by atoms with Crippen molar-refractivity contribution >= 4 is 11.9 Å². The predicted octanol–water partition coefficient (Wildman–Crippen LogP) is 3.96. The van der Waals surface area contributed by atoms with Crippen LogP contribution in [0.15, 0.2) is 23.2 Å². The molecule has 1 N–H and O–H groups in total. The minimum absolute atomic E-state index is 0.600. The van der Waals surface area contributed by atoms with Crippen molar-refractivity contribution in [3.8, 4) is 11.5 Å². The molecule has 0 aliphatic heterocycles. The zero-order chi connectivity index (χ0) is 15.9. The van der Waals surface area contributed by atoms with E-state index in [1.807, 2.05) is 45.2 Å². The van der Waals surface area contributed by atoms with Crippen LogP contribution in [0.25, 0.3) is 0 Å². The van der Waals surface area contributed by atoms with Crippen LogP contribution < -0.4 is 9.47 Å². The molecule has 0 aliphatic rings. The fraction of sp³-hybridized carbons (Fsp3) is 0.412. The SMILES string of the molecule is CCCOc1ccc(C=Nc2c(C)n[nH]c2C)cc1OCC. The number of aromatic amines is 1. The normalized spacial score (nSPS) is 11.1. The summed E-state index contributed by atoms with van der Waals surface area (Å²) >= 11 is 0. The fourth-order valence-electron chi connectivity index (χ4n) is 2.08. The lowest BCUT2D eigenvalue weighted by atomic mass is 10.2. The second-order valence-corrected chi connectivity index (χ2v) is 5.03. The molecule has 0 saturated heterocycles. The fourth-order valence-corrected chi connectivity index (χ4v) is 2.08. The Kier molecular flexibility index (Phi) is 5.58. The molecule has 0 amide bonds. The molecule has 5 heteroatoms. The minimum Gasteiger partial charge on any atom is -0.490 e. The standard InChI is InChI=1S/C17H23N3O2/c1-5-9-22-15-8-7-14(10-16(15)21-6-2)11-18-17-12(3)19-20-13(17)4/h7-8,10-11H,5-6,9H2,1-4H3,(H,19,20). The van der Waals surface area contributed by atoms with Gasteiger partial charge in [-0.15, -0.1) is 0 Å². The van der Waals surface area contributed by atoms with Gasteiger partial charge in [-0.1, -0.05) is 6.92 Å². The average molecular weight is 301 g/mol. The number of H-pyrrole nitrogens is 1. The summed E-state index contributed by atoms with van der Waals surface area (Å²) in [6, 6.07) is 5.85. The smallest absolute Gasteiger partial charge is 0.161 e. The Morgan fingerprint density at radius 1 is 1.18 bits per heavy atom. The number of benzene rings is 1. The zero-order valence-corrected chi connectivity index (χ0v) is 13.6. The number of nitrogens with zero attached hydrogens (tertiary/aromatic N) is 2. The Labute approximate surface area is 131 Å². The first-order valence-corrected chi connectivity index (χ1v) is 7.61. The molecule has 0 spiro atoms. The molecular weight excluding hydrogens is 278 g/mol. The van der Waals surface area contributed by atoms with Crippen LogP contribution in [-0.2, 0) is 0 Å². The Bertz CT molecular complexity index is 628. The van der Waals surface area contributed by atoms with Crippen molar-refractivity contribution in [3.63, 3.8) is 0 Å². The largest absolute Gasteiger partial charge is 0.490 e. The summed E-state index contributed by atoms with van der Waals surface area (Å²) in [5.74, 6) is 1.53. The molecule has 0 saturated carbocycles.